The molecule has 1 aromatic rings. The number of amides is 1. The monoisotopic (exact) mass is 409 g/mol. The number of anilines is 1. The molecule has 0 bridgehead atoms. The molecule has 1 aliphatic heterocycles. The Balaban J connectivity index is 1.87. The molecule has 25 heavy (non-hydrogen) atoms. The maximum Gasteiger partial charge on any atom is 0.241 e. The van der Waals surface area contributed by atoms with Gasteiger partial charge in [-0.25, -0.2) is 4.99 Å². The van der Waals surface area contributed by atoms with Gasteiger partial charge in [0.05, 0.1) is 0 Å². The van der Waals surface area contributed by atoms with Gasteiger partial charge in [-0.2, -0.15) is 0 Å². The van der Waals surface area contributed by atoms with Crippen LogP contribution in [0.1, 0.15) is 26.7 Å². The van der Waals surface area contributed by atoms with E-state index in [-0.39, 0.29) is 12.5 Å². The number of benzene rings is 1. The molecule has 138 valence electrons. The molecular weight excluding hydrogens is 382 g/mol. The minimum Gasteiger partial charge on any atom is -0.369 e. The van der Waals surface area contributed by atoms with Gasteiger partial charge in [-0.05, 0) is 44.0 Å². The summed E-state index contributed by atoms with van der Waals surface area (Å²) in [7, 11) is 0. The zero-order valence-corrected chi connectivity index (χ0v) is 16.6. The van der Waals surface area contributed by atoms with Gasteiger partial charge >= 0.3 is 0 Å². The first-order valence-corrected chi connectivity index (χ1v) is 9.73. The minimum atomic E-state index is -0.0398. The van der Waals surface area contributed by atoms with E-state index in [1.165, 1.54) is 5.69 Å². The molecule has 1 fully saturated rings. The number of nitrogens with zero attached hydrogens (tertiary/aromatic N) is 2. The third-order valence-corrected chi connectivity index (χ3v) is 4.55. The van der Waals surface area contributed by atoms with E-state index in [0.29, 0.717) is 18.5 Å². The summed E-state index contributed by atoms with van der Waals surface area (Å²) in [6, 6.07) is 8.71. The van der Waals surface area contributed by atoms with E-state index in [2.05, 4.69) is 66.0 Å². The fourth-order valence-corrected chi connectivity index (χ4v) is 3.01. The van der Waals surface area contributed by atoms with Crippen LogP contribution in [0.4, 0.5) is 5.69 Å². The van der Waals surface area contributed by atoms with Crippen LogP contribution in [0, 0.1) is 0 Å². The van der Waals surface area contributed by atoms with Gasteiger partial charge in [0.25, 0.3) is 0 Å². The van der Waals surface area contributed by atoms with Crippen LogP contribution < -0.4 is 20.9 Å². The number of guanidine groups is 1. The van der Waals surface area contributed by atoms with Crippen molar-refractivity contribution in [3.63, 3.8) is 0 Å². The fraction of sp³-hybridized carbons (Fsp3) is 0.556. The van der Waals surface area contributed by atoms with Gasteiger partial charge in [0.2, 0.25) is 5.91 Å². The molecule has 1 unspecified atom stereocenters. The number of carbonyl (C=O) groups is 1. The number of carbonyl (C=O) groups excluding carboxylic acids is 1. The molecule has 1 aromatic carbocycles. The Hall–Kier alpha value is -1.76. The summed E-state index contributed by atoms with van der Waals surface area (Å²) < 4.78 is 1.09. The van der Waals surface area contributed by atoms with Crippen LogP contribution in [0.3, 0.4) is 0 Å². The van der Waals surface area contributed by atoms with E-state index in [1.54, 1.807) is 0 Å². The molecule has 0 aromatic heterocycles. The highest BCUT2D eigenvalue weighted by Gasteiger charge is 2.23. The lowest BCUT2D eigenvalue weighted by Crippen LogP contribution is -2.45. The summed E-state index contributed by atoms with van der Waals surface area (Å²) in [6.45, 7) is 7.61. The van der Waals surface area contributed by atoms with Crippen molar-refractivity contribution in [2.75, 3.05) is 37.6 Å². The Morgan fingerprint density at radius 1 is 1.28 bits per heavy atom. The van der Waals surface area contributed by atoms with Crippen molar-refractivity contribution < 1.29 is 4.79 Å². The third-order valence-electron chi connectivity index (χ3n) is 4.02. The summed E-state index contributed by atoms with van der Waals surface area (Å²) in [4.78, 5) is 18.5. The summed E-state index contributed by atoms with van der Waals surface area (Å²) in [5.41, 5.74) is 1.23. The summed E-state index contributed by atoms with van der Waals surface area (Å²) in [5, 5.41) is 9.51. The SMILES string of the molecule is CCCNC(=O)CN=C(NCC)NC1CCN(c2ccc(Br)cc2)C1. The number of aliphatic imine (C=N–C) groups is 1. The maximum atomic E-state index is 11.7. The van der Waals surface area contributed by atoms with Crippen molar-refractivity contribution in [3.8, 4) is 0 Å². The second-order valence-corrected chi connectivity index (χ2v) is 7.01. The number of hydrogen-bond acceptors (Lipinski definition) is 3. The van der Waals surface area contributed by atoms with Gasteiger partial charge in [-0.15, -0.1) is 0 Å². The first kappa shape index (κ1) is 19.6. The highest BCUT2D eigenvalue weighted by Crippen LogP contribution is 2.22. The number of halogens is 1. The van der Waals surface area contributed by atoms with Crippen LogP contribution in [0.2, 0.25) is 0 Å². The zero-order valence-electron chi connectivity index (χ0n) is 15.0. The van der Waals surface area contributed by atoms with Crippen LogP contribution >= 0.6 is 15.9 Å². The number of rotatable bonds is 7. The van der Waals surface area contributed by atoms with Crippen molar-refractivity contribution in [3.05, 3.63) is 28.7 Å². The molecule has 0 radical (unpaired) electrons. The lowest BCUT2D eigenvalue weighted by atomic mass is 10.3. The van der Waals surface area contributed by atoms with Crippen molar-refractivity contribution in [1.29, 1.82) is 0 Å². The molecule has 1 heterocycles. The van der Waals surface area contributed by atoms with Crippen molar-refractivity contribution in [1.82, 2.24) is 16.0 Å². The summed E-state index contributed by atoms with van der Waals surface area (Å²) in [5.74, 6) is 0.666. The molecule has 0 spiro atoms. The Morgan fingerprint density at radius 2 is 2.04 bits per heavy atom. The average Bonchev–Trinajstić information content (AvgIpc) is 3.07. The molecule has 1 amide bonds. The van der Waals surface area contributed by atoms with E-state index in [1.807, 2.05) is 13.8 Å². The Bertz CT molecular complexity index is 575. The normalized spacial score (nSPS) is 17.5. The highest BCUT2D eigenvalue weighted by molar-refractivity contribution is 9.10. The molecule has 7 heteroatoms. The van der Waals surface area contributed by atoms with Crippen LogP contribution in [0.25, 0.3) is 0 Å². The molecule has 3 N–H and O–H groups in total. The third kappa shape index (κ3) is 6.57. The van der Waals surface area contributed by atoms with Gasteiger partial charge in [-0.3, -0.25) is 4.79 Å². The fourth-order valence-electron chi connectivity index (χ4n) is 2.75. The topological polar surface area (TPSA) is 68.8 Å². The lowest BCUT2D eigenvalue weighted by molar-refractivity contribution is -0.119. The maximum absolute atomic E-state index is 11.7. The van der Waals surface area contributed by atoms with Crippen LogP contribution in [0.15, 0.2) is 33.7 Å². The van der Waals surface area contributed by atoms with Gasteiger partial charge in [0, 0.05) is 42.4 Å². The second-order valence-electron chi connectivity index (χ2n) is 6.10. The molecular formula is C18H28BrN5O. The average molecular weight is 410 g/mol. The minimum absolute atomic E-state index is 0.0398. The van der Waals surface area contributed by atoms with E-state index >= 15 is 0 Å². The number of hydrogen-bond donors (Lipinski definition) is 3. The van der Waals surface area contributed by atoms with Crippen LogP contribution in [-0.4, -0.2) is 50.6 Å². The smallest absolute Gasteiger partial charge is 0.241 e. The summed E-state index contributed by atoms with van der Waals surface area (Å²) in [6.07, 6.45) is 1.98. The van der Waals surface area contributed by atoms with Gasteiger partial charge in [0.15, 0.2) is 5.96 Å². The Labute approximate surface area is 158 Å². The predicted molar refractivity (Wildman–Crippen MR) is 107 cm³/mol. The molecule has 1 aliphatic rings. The van der Waals surface area contributed by atoms with Gasteiger partial charge in [-0.1, -0.05) is 22.9 Å². The molecule has 1 atom stereocenters. The summed E-state index contributed by atoms with van der Waals surface area (Å²) >= 11 is 3.47. The van der Waals surface area contributed by atoms with Crippen molar-refractivity contribution in [2.24, 2.45) is 4.99 Å². The molecule has 0 saturated carbocycles. The standard InChI is InChI=1S/C18H28BrN5O/c1-3-10-21-17(25)12-22-18(20-4-2)23-15-9-11-24(13-15)16-7-5-14(19)6-8-16/h5-8,15H,3-4,9-13H2,1-2H3,(H,21,25)(H2,20,22,23). The van der Waals surface area contributed by atoms with E-state index in [4.69, 9.17) is 0 Å². The van der Waals surface area contributed by atoms with E-state index in [9.17, 15) is 4.79 Å². The lowest BCUT2D eigenvalue weighted by Gasteiger charge is -2.20. The first-order valence-electron chi connectivity index (χ1n) is 8.94. The Kier molecular flexibility index (Phi) is 8.04. The van der Waals surface area contributed by atoms with E-state index in [0.717, 1.165) is 36.9 Å². The van der Waals surface area contributed by atoms with Crippen LogP contribution in [0.5, 0.6) is 0 Å². The van der Waals surface area contributed by atoms with Gasteiger partial charge < -0.3 is 20.9 Å². The first-order chi connectivity index (χ1) is 12.1. The Morgan fingerprint density at radius 3 is 2.72 bits per heavy atom. The molecule has 6 nitrogen and oxygen atoms in total. The van der Waals surface area contributed by atoms with Crippen molar-refractivity contribution >= 4 is 33.5 Å². The molecule has 1 saturated heterocycles. The highest BCUT2D eigenvalue weighted by atomic mass is 79.9. The number of nitrogens with one attached hydrogen (secondary N) is 3. The quantitative estimate of drug-likeness (QED) is 0.476. The predicted octanol–water partition coefficient (Wildman–Crippen LogP) is 2.11. The van der Waals surface area contributed by atoms with E-state index < -0.39 is 0 Å². The second kappa shape index (κ2) is 10.3. The largest absolute Gasteiger partial charge is 0.369 e. The van der Waals surface area contributed by atoms with Crippen LogP contribution in [-0.2, 0) is 4.79 Å². The molecule has 0 aliphatic carbocycles. The van der Waals surface area contributed by atoms with Crippen molar-refractivity contribution in [2.45, 2.75) is 32.7 Å². The molecule has 2 rings (SSSR count). The zero-order chi connectivity index (χ0) is 18.1. The van der Waals surface area contributed by atoms with Gasteiger partial charge in [0.1, 0.15) is 6.54 Å².